The van der Waals surface area contributed by atoms with Crippen molar-refractivity contribution in [1.29, 1.82) is 0 Å². The van der Waals surface area contributed by atoms with Gasteiger partial charge in [-0.05, 0) is 43.0 Å². The minimum atomic E-state index is -4.24. The van der Waals surface area contributed by atoms with Gasteiger partial charge in [0.1, 0.15) is 0 Å². The molecule has 2 fully saturated rings. The quantitative estimate of drug-likeness (QED) is 0.369. The Morgan fingerprint density at radius 1 is 1.02 bits per heavy atom. The molecule has 0 radical (unpaired) electrons. The van der Waals surface area contributed by atoms with Gasteiger partial charge in [-0.25, -0.2) is 13.6 Å². The minimum Gasteiger partial charge on any atom is -0.396 e. The summed E-state index contributed by atoms with van der Waals surface area (Å²) in [5.41, 5.74) is 0.116. The topological polar surface area (TPSA) is 88.2 Å². The number of hydrogen-bond donors (Lipinski definition) is 3. The van der Waals surface area contributed by atoms with Gasteiger partial charge < -0.3 is 25.5 Å². The Labute approximate surface area is 245 Å². The number of halogens is 6. The first kappa shape index (κ1) is 31.8. The summed E-state index contributed by atoms with van der Waals surface area (Å²) in [7, 11) is 0. The number of likely N-dealkylation sites (tertiary alicyclic amines) is 1. The zero-order valence-electron chi connectivity index (χ0n) is 22.8. The molecule has 0 unspecified atom stereocenters. The lowest BCUT2D eigenvalue weighted by molar-refractivity contribution is -0.138. The van der Waals surface area contributed by atoms with Crippen LogP contribution in [-0.2, 0) is 6.54 Å². The van der Waals surface area contributed by atoms with E-state index in [9.17, 15) is 32.3 Å². The molecule has 14 heteroatoms. The zero-order valence-corrected chi connectivity index (χ0v) is 23.6. The fourth-order valence-corrected chi connectivity index (χ4v) is 5.31. The molecule has 2 aliphatic rings. The van der Waals surface area contributed by atoms with Gasteiger partial charge in [0.05, 0.1) is 23.4 Å². The van der Waals surface area contributed by atoms with E-state index >= 15 is 4.39 Å². The van der Waals surface area contributed by atoms with Gasteiger partial charge >= 0.3 is 12.2 Å². The van der Waals surface area contributed by atoms with Crippen LogP contribution in [0.5, 0.6) is 0 Å². The highest BCUT2D eigenvalue weighted by Crippen LogP contribution is 2.31. The molecular weight excluding hydrogens is 585 g/mol. The molecule has 2 aliphatic heterocycles. The second-order valence-corrected chi connectivity index (χ2v) is 10.9. The Morgan fingerprint density at radius 3 is 2.45 bits per heavy atom. The highest BCUT2D eigenvalue weighted by atomic mass is 35.5. The molecule has 1 atom stereocenters. The maximum absolute atomic E-state index is 15.0. The molecule has 0 spiro atoms. The number of hydrogen-bond acceptors (Lipinski definition) is 5. The molecule has 0 saturated carbocycles. The zero-order chi connectivity index (χ0) is 30.4. The number of piperazine rings is 1. The van der Waals surface area contributed by atoms with Crippen molar-refractivity contribution >= 4 is 34.9 Å². The third-order valence-corrected chi connectivity index (χ3v) is 7.77. The second-order valence-electron chi connectivity index (χ2n) is 10.5. The summed E-state index contributed by atoms with van der Waals surface area (Å²) in [5, 5.41) is 14.9. The first-order valence-electron chi connectivity index (χ1n) is 13.7. The Kier molecular flexibility index (Phi) is 10.5. The normalized spacial score (nSPS) is 18.2. The SMILES string of the molecule is O=C(Nc1ccc(Cl)cc1N1CCN(CCC(F)(F)F)CC1)c1ccc(CNC(=O)N2CCC[C@H](CO)C2)c(F)c1F. The van der Waals surface area contributed by atoms with Crippen molar-refractivity contribution in [1.82, 2.24) is 15.1 Å². The molecule has 3 N–H and O–H groups in total. The van der Waals surface area contributed by atoms with Gasteiger partial charge in [0.15, 0.2) is 11.6 Å². The largest absolute Gasteiger partial charge is 0.396 e. The summed E-state index contributed by atoms with van der Waals surface area (Å²) in [6, 6.07) is 6.54. The molecule has 42 heavy (non-hydrogen) atoms. The van der Waals surface area contributed by atoms with Crippen LogP contribution in [0.1, 0.15) is 35.2 Å². The third kappa shape index (κ3) is 8.23. The van der Waals surface area contributed by atoms with Crippen LogP contribution in [-0.4, -0.2) is 85.4 Å². The summed E-state index contributed by atoms with van der Waals surface area (Å²) in [4.78, 5) is 30.6. The molecule has 2 heterocycles. The maximum Gasteiger partial charge on any atom is 0.390 e. The number of rotatable bonds is 8. The van der Waals surface area contributed by atoms with Gasteiger partial charge in [-0.15, -0.1) is 0 Å². The molecule has 2 aromatic rings. The van der Waals surface area contributed by atoms with Crippen molar-refractivity contribution in [2.75, 3.05) is 62.6 Å². The first-order chi connectivity index (χ1) is 19.9. The standard InChI is InChI=1S/C28H33ClF5N5O3/c29-20-4-6-22(23(14-20)38-12-10-37(11-13-38)9-7-28(32,33)34)36-26(41)21-5-3-19(24(30)25(21)31)15-35-27(42)39-8-1-2-18(16-39)17-40/h3-6,14,18,40H,1-2,7-13,15-17H2,(H,35,42)(H,36,41)/t18-/m0/s1. The van der Waals surface area contributed by atoms with E-state index in [4.69, 9.17) is 11.6 Å². The third-order valence-electron chi connectivity index (χ3n) is 7.53. The molecule has 0 aromatic heterocycles. The molecule has 0 bridgehead atoms. The van der Waals surface area contributed by atoms with Crippen molar-refractivity contribution in [2.24, 2.45) is 5.92 Å². The summed E-state index contributed by atoms with van der Waals surface area (Å²) < 4.78 is 67.7. The average Bonchev–Trinajstić information content (AvgIpc) is 2.97. The van der Waals surface area contributed by atoms with Gasteiger partial charge in [-0.1, -0.05) is 17.7 Å². The Hall–Kier alpha value is -3.16. The Bertz CT molecular complexity index is 1270. The summed E-state index contributed by atoms with van der Waals surface area (Å²) >= 11 is 6.17. The fraction of sp³-hybridized carbons (Fsp3) is 0.500. The van der Waals surface area contributed by atoms with E-state index in [1.54, 1.807) is 11.0 Å². The predicted molar refractivity (Wildman–Crippen MR) is 149 cm³/mol. The number of anilines is 2. The van der Waals surface area contributed by atoms with E-state index in [0.29, 0.717) is 50.0 Å². The predicted octanol–water partition coefficient (Wildman–Crippen LogP) is 4.86. The van der Waals surface area contributed by atoms with Crippen LogP contribution in [0.4, 0.5) is 38.1 Å². The first-order valence-corrected chi connectivity index (χ1v) is 14.1. The van der Waals surface area contributed by atoms with Crippen molar-refractivity contribution in [3.63, 3.8) is 0 Å². The van der Waals surface area contributed by atoms with E-state index in [-0.39, 0.29) is 36.9 Å². The number of carbonyl (C=O) groups excluding carboxylic acids is 2. The monoisotopic (exact) mass is 617 g/mol. The van der Waals surface area contributed by atoms with Gasteiger partial charge in [0, 0.05) is 69.6 Å². The molecule has 3 amide bonds. The van der Waals surface area contributed by atoms with Crippen molar-refractivity contribution in [2.45, 2.75) is 32.0 Å². The molecule has 2 aromatic carbocycles. The van der Waals surface area contributed by atoms with E-state index in [1.165, 1.54) is 23.1 Å². The van der Waals surface area contributed by atoms with Gasteiger partial charge in [-0.2, -0.15) is 13.2 Å². The number of piperidine rings is 1. The lowest BCUT2D eigenvalue weighted by atomic mass is 9.99. The lowest BCUT2D eigenvalue weighted by Crippen LogP contribution is -2.47. The summed E-state index contributed by atoms with van der Waals surface area (Å²) in [6.45, 7) is 1.93. The number of nitrogens with one attached hydrogen (secondary N) is 2. The van der Waals surface area contributed by atoms with Gasteiger partial charge in [0.2, 0.25) is 0 Å². The van der Waals surface area contributed by atoms with Crippen LogP contribution in [0.25, 0.3) is 0 Å². The van der Waals surface area contributed by atoms with Crippen molar-refractivity contribution in [3.05, 3.63) is 58.1 Å². The van der Waals surface area contributed by atoms with Crippen molar-refractivity contribution < 1.29 is 36.6 Å². The highest BCUT2D eigenvalue weighted by molar-refractivity contribution is 6.31. The molecular formula is C28H33ClF5N5O3. The van der Waals surface area contributed by atoms with Crippen LogP contribution in [0, 0.1) is 17.6 Å². The van der Waals surface area contributed by atoms with E-state index < -0.39 is 41.7 Å². The van der Waals surface area contributed by atoms with Crippen molar-refractivity contribution in [3.8, 4) is 0 Å². The Morgan fingerprint density at radius 2 is 1.76 bits per heavy atom. The average molecular weight is 618 g/mol. The molecule has 0 aliphatic carbocycles. The number of amides is 3. The van der Waals surface area contributed by atoms with Gasteiger partial charge in [0.25, 0.3) is 5.91 Å². The fourth-order valence-electron chi connectivity index (χ4n) is 5.14. The number of benzene rings is 2. The Balaban J connectivity index is 1.39. The number of aliphatic hydroxyl groups excluding tert-OH is 1. The number of aliphatic hydroxyl groups is 1. The molecule has 4 rings (SSSR count). The second kappa shape index (κ2) is 13.9. The van der Waals surface area contributed by atoms with Crippen LogP contribution < -0.4 is 15.5 Å². The van der Waals surface area contributed by atoms with E-state index in [1.807, 2.05) is 4.90 Å². The summed E-state index contributed by atoms with van der Waals surface area (Å²) in [6.07, 6.45) is -3.59. The van der Waals surface area contributed by atoms with Crippen LogP contribution >= 0.6 is 11.6 Å². The number of urea groups is 1. The van der Waals surface area contributed by atoms with E-state index in [2.05, 4.69) is 10.6 Å². The van der Waals surface area contributed by atoms with Gasteiger partial charge in [-0.3, -0.25) is 9.69 Å². The molecule has 8 nitrogen and oxygen atoms in total. The number of alkyl halides is 3. The van der Waals surface area contributed by atoms with Crippen LogP contribution in [0.15, 0.2) is 30.3 Å². The van der Waals surface area contributed by atoms with Crippen LogP contribution in [0.3, 0.4) is 0 Å². The minimum absolute atomic E-state index is 0.0227. The molecule has 230 valence electrons. The molecule has 2 saturated heterocycles. The lowest BCUT2D eigenvalue weighted by Gasteiger charge is -2.37. The smallest absolute Gasteiger partial charge is 0.390 e. The van der Waals surface area contributed by atoms with Crippen LogP contribution in [0.2, 0.25) is 5.02 Å². The van der Waals surface area contributed by atoms with E-state index in [0.717, 1.165) is 18.9 Å². The number of nitrogens with zero attached hydrogens (tertiary/aromatic N) is 3. The maximum atomic E-state index is 15.0. The highest BCUT2D eigenvalue weighted by Gasteiger charge is 2.29. The summed E-state index contributed by atoms with van der Waals surface area (Å²) in [5.74, 6) is -3.56. The number of carbonyl (C=O) groups is 2.